The van der Waals surface area contributed by atoms with E-state index in [1.54, 1.807) is 67.3 Å². The summed E-state index contributed by atoms with van der Waals surface area (Å²) in [5.41, 5.74) is 2.77. The first-order chi connectivity index (χ1) is 29.5. The van der Waals surface area contributed by atoms with Gasteiger partial charge in [0, 0.05) is 0 Å². The van der Waals surface area contributed by atoms with Crippen LogP contribution in [-0.4, -0.2) is 18.7 Å². The van der Waals surface area contributed by atoms with E-state index < -0.39 is 39.0 Å². The Morgan fingerprint density at radius 2 is 0.467 bits per heavy atom. The highest BCUT2D eigenvalue weighted by molar-refractivity contribution is 7.72. The minimum absolute atomic E-state index is 0.226. The van der Waals surface area contributed by atoms with E-state index in [4.69, 9.17) is 0 Å². The fraction of sp³-hybridized carbons (Fsp3) is 0.0800. The molecule has 0 fully saturated rings. The SMILES string of the molecule is O=c1c2ccccc2c(=O)n2n1[C@@H](c1ccccc1)P(c1ccccc1P1[C@@H](c3ccccc3)n3c(=O)c4ccccc4c(=O)n3[C@@H]1c1ccccc1)[C@H]2c1ccccc1. The molecule has 5 atom stereocenters. The van der Waals surface area contributed by atoms with Gasteiger partial charge >= 0.3 is 0 Å². The summed E-state index contributed by atoms with van der Waals surface area (Å²) in [6.45, 7) is 0. The molecule has 7 aromatic carbocycles. The van der Waals surface area contributed by atoms with Gasteiger partial charge in [0.25, 0.3) is 22.2 Å². The van der Waals surface area contributed by atoms with Crippen LogP contribution in [0.25, 0.3) is 21.5 Å². The third kappa shape index (κ3) is 5.45. The second kappa shape index (κ2) is 14.5. The molecule has 2 aliphatic rings. The number of benzene rings is 7. The van der Waals surface area contributed by atoms with Crippen LogP contribution in [0, 0.1) is 0 Å². The Labute approximate surface area is 346 Å². The highest BCUT2D eigenvalue weighted by atomic mass is 31.1. The number of rotatable bonds is 6. The normalized spacial score (nSPS) is 19.7. The van der Waals surface area contributed by atoms with Crippen LogP contribution in [0.15, 0.2) is 213 Å². The van der Waals surface area contributed by atoms with Crippen molar-refractivity contribution < 1.29 is 0 Å². The molecule has 0 bridgehead atoms. The summed E-state index contributed by atoms with van der Waals surface area (Å²) in [6, 6.07) is 62.7. The lowest BCUT2D eigenvalue weighted by molar-refractivity contribution is 0.494. The molecular formula is C50H36N4O4P2. The summed E-state index contributed by atoms with van der Waals surface area (Å²) in [6.07, 6.45) is 0. The molecule has 10 heteroatoms. The van der Waals surface area contributed by atoms with Gasteiger partial charge in [-0.3, -0.25) is 19.2 Å². The van der Waals surface area contributed by atoms with Crippen LogP contribution in [0.3, 0.4) is 0 Å². The van der Waals surface area contributed by atoms with Crippen molar-refractivity contribution >= 4 is 48.0 Å². The molecule has 4 heterocycles. The van der Waals surface area contributed by atoms with E-state index in [1.807, 2.05) is 133 Å². The maximum atomic E-state index is 15.0. The fourth-order valence-corrected chi connectivity index (χ4v) is 16.6. The average molecular weight is 819 g/mol. The van der Waals surface area contributed by atoms with Gasteiger partial charge in [0.2, 0.25) is 0 Å². The Hall–Kier alpha value is -6.72. The molecule has 0 aliphatic carbocycles. The molecule has 290 valence electrons. The number of aromatic nitrogens is 4. The molecular weight excluding hydrogens is 783 g/mol. The number of hydrogen-bond acceptors (Lipinski definition) is 4. The van der Waals surface area contributed by atoms with Crippen LogP contribution >= 0.6 is 15.8 Å². The van der Waals surface area contributed by atoms with Gasteiger partial charge in [-0.05, 0) is 73.0 Å². The zero-order valence-electron chi connectivity index (χ0n) is 32.1. The minimum Gasteiger partial charge on any atom is -0.267 e. The summed E-state index contributed by atoms with van der Waals surface area (Å²) < 4.78 is 6.90. The summed E-state index contributed by atoms with van der Waals surface area (Å²) in [4.78, 5) is 60.0. The molecule has 0 saturated heterocycles. The summed E-state index contributed by atoms with van der Waals surface area (Å²) >= 11 is 0. The molecule has 8 nitrogen and oxygen atoms in total. The van der Waals surface area contributed by atoms with Crippen molar-refractivity contribution in [1.29, 1.82) is 0 Å². The largest absolute Gasteiger partial charge is 0.274 e. The Balaban J connectivity index is 1.26. The Bertz CT molecular complexity index is 2930. The second-order valence-electron chi connectivity index (χ2n) is 15.1. The Morgan fingerprint density at radius 3 is 0.700 bits per heavy atom. The lowest BCUT2D eigenvalue weighted by Gasteiger charge is -2.32. The number of hydrogen-bond donors (Lipinski definition) is 0. The molecule has 0 radical (unpaired) electrons. The Morgan fingerprint density at radius 1 is 0.267 bits per heavy atom. The summed E-state index contributed by atoms with van der Waals surface area (Å²) in [5, 5.41) is 3.55. The van der Waals surface area contributed by atoms with Gasteiger partial charge in [0.1, 0.15) is 23.1 Å². The quantitative estimate of drug-likeness (QED) is 0.158. The minimum atomic E-state index is -1.51. The van der Waals surface area contributed by atoms with Crippen LogP contribution in [0.5, 0.6) is 0 Å². The Kier molecular flexibility index (Phi) is 8.81. The topological polar surface area (TPSA) is 88.0 Å². The third-order valence-electron chi connectivity index (χ3n) is 11.9. The van der Waals surface area contributed by atoms with E-state index in [-0.39, 0.29) is 22.2 Å². The van der Waals surface area contributed by atoms with Gasteiger partial charge in [-0.1, -0.05) is 170 Å². The molecule has 60 heavy (non-hydrogen) atoms. The molecule has 0 N–H and O–H groups in total. The van der Waals surface area contributed by atoms with E-state index >= 15 is 19.2 Å². The molecule has 2 aromatic heterocycles. The molecule has 0 saturated carbocycles. The van der Waals surface area contributed by atoms with Crippen molar-refractivity contribution in [3.8, 4) is 0 Å². The average Bonchev–Trinajstić information content (AvgIpc) is 3.87. The van der Waals surface area contributed by atoms with Gasteiger partial charge in [-0.25, -0.2) is 18.7 Å². The monoisotopic (exact) mass is 818 g/mol. The van der Waals surface area contributed by atoms with E-state index in [1.165, 1.54) is 0 Å². The van der Waals surface area contributed by atoms with E-state index in [2.05, 4.69) is 12.1 Å². The smallest absolute Gasteiger partial charge is 0.267 e. The summed E-state index contributed by atoms with van der Waals surface area (Å²) in [7, 11) is -3.02. The van der Waals surface area contributed by atoms with E-state index in [0.29, 0.717) is 21.5 Å². The van der Waals surface area contributed by atoms with Crippen molar-refractivity contribution in [3.63, 3.8) is 0 Å². The van der Waals surface area contributed by atoms with Crippen molar-refractivity contribution in [2.45, 2.75) is 23.1 Å². The van der Waals surface area contributed by atoms with Gasteiger partial charge in [0.15, 0.2) is 0 Å². The standard InChI is InChI=1S/C50H36N4O4P2/c55-43-37-27-13-14-28-38(37)44(56)52-48(34-21-7-2-8-22-34)59(47(51(43)52)33-19-5-1-6-20-33)41-31-17-18-32-42(41)60-49(35-23-9-3-10-24-35)53-45(57)39-29-15-16-30-40(39)46(58)54(53)50(60)36-25-11-4-12-26-36/h1-32,47-50H/t47-,48-,49-,50+,60?/m0/s1. The highest BCUT2D eigenvalue weighted by Gasteiger charge is 2.50. The highest BCUT2D eigenvalue weighted by Crippen LogP contribution is 2.69. The predicted octanol–water partition coefficient (Wildman–Crippen LogP) is 8.47. The second-order valence-corrected chi connectivity index (χ2v) is 19.7. The number of fused-ring (bicyclic) bond motifs is 4. The zero-order valence-corrected chi connectivity index (χ0v) is 33.9. The third-order valence-corrected chi connectivity index (χ3v) is 18.1. The predicted molar refractivity (Wildman–Crippen MR) is 243 cm³/mol. The maximum Gasteiger partial charge on any atom is 0.274 e. The molecule has 0 amide bonds. The van der Waals surface area contributed by atoms with Crippen LogP contribution in [0.2, 0.25) is 0 Å². The van der Waals surface area contributed by atoms with Crippen molar-refractivity contribution in [2.24, 2.45) is 0 Å². The van der Waals surface area contributed by atoms with Crippen molar-refractivity contribution in [3.05, 3.63) is 258 Å². The van der Waals surface area contributed by atoms with E-state index in [9.17, 15) is 0 Å². The fourth-order valence-electron chi connectivity index (χ4n) is 9.39. The van der Waals surface area contributed by atoms with Crippen LogP contribution in [-0.2, 0) is 0 Å². The van der Waals surface area contributed by atoms with Gasteiger partial charge < -0.3 is 0 Å². The lowest BCUT2D eigenvalue weighted by atomic mass is 10.2. The number of nitrogens with zero attached hydrogens (tertiary/aromatic N) is 4. The van der Waals surface area contributed by atoms with E-state index in [0.717, 1.165) is 32.9 Å². The maximum absolute atomic E-state index is 15.0. The van der Waals surface area contributed by atoms with Crippen LogP contribution in [0.4, 0.5) is 0 Å². The van der Waals surface area contributed by atoms with Gasteiger partial charge in [0.05, 0.1) is 21.5 Å². The first-order valence-corrected chi connectivity index (χ1v) is 22.9. The lowest BCUT2D eigenvalue weighted by Crippen LogP contribution is -2.37. The molecule has 9 aromatic rings. The first kappa shape index (κ1) is 36.4. The molecule has 11 rings (SSSR count). The molecule has 2 aliphatic heterocycles. The van der Waals surface area contributed by atoms with Gasteiger partial charge in [-0.15, -0.1) is 0 Å². The van der Waals surface area contributed by atoms with Crippen molar-refractivity contribution in [1.82, 2.24) is 18.7 Å². The van der Waals surface area contributed by atoms with Gasteiger partial charge in [-0.2, -0.15) is 0 Å². The van der Waals surface area contributed by atoms with Crippen molar-refractivity contribution in [2.75, 3.05) is 0 Å². The van der Waals surface area contributed by atoms with Crippen LogP contribution < -0.4 is 32.8 Å². The zero-order chi connectivity index (χ0) is 40.5. The first-order valence-electron chi connectivity index (χ1n) is 19.9. The van der Waals surface area contributed by atoms with Crippen LogP contribution in [0.1, 0.15) is 45.4 Å². The molecule has 1 unspecified atom stereocenters. The molecule has 0 spiro atoms. The summed E-state index contributed by atoms with van der Waals surface area (Å²) in [5.74, 6) is -2.13.